The van der Waals surface area contributed by atoms with Crippen molar-refractivity contribution in [3.8, 4) is 11.4 Å². The first-order valence-corrected chi connectivity index (χ1v) is 9.26. The highest BCUT2D eigenvalue weighted by Gasteiger charge is 2.24. The first kappa shape index (κ1) is 17.3. The molecule has 7 heteroatoms. The summed E-state index contributed by atoms with van der Waals surface area (Å²) < 4.78 is 5.47. The van der Waals surface area contributed by atoms with Crippen molar-refractivity contribution in [2.24, 2.45) is 0 Å². The molecule has 4 heterocycles. The van der Waals surface area contributed by atoms with E-state index < -0.39 is 0 Å². The van der Waals surface area contributed by atoms with E-state index in [1.807, 2.05) is 18.3 Å². The highest BCUT2D eigenvalue weighted by atomic mass is 16.5. The molecular weight excluding hydrogens is 328 g/mol. The fourth-order valence-corrected chi connectivity index (χ4v) is 3.71. The van der Waals surface area contributed by atoms with E-state index in [-0.39, 0.29) is 0 Å². The molecule has 0 unspecified atom stereocenters. The number of fused-ring (bicyclic) bond motifs is 1. The minimum absolute atomic E-state index is 0.450. The van der Waals surface area contributed by atoms with Gasteiger partial charge in [0.1, 0.15) is 5.82 Å². The molecule has 1 N–H and O–H groups in total. The van der Waals surface area contributed by atoms with Gasteiger partial charge in [-0.15, -0.1) is 0 Å². The summed E-state index contributed by atoms with van der Waals surface area (Å²) in [4.78, 5) is 18.6. The van der Waals surface area contributed by atoms with Gasteiger partial charge in [0, 0.05) is 69.3 Å². The van der Waals surface area contributed by atoms with Crippen molar-refractivity contribution in [1.29, 1.82) is 0 Å². The fourth-order valence-electron chi connectivity index (χ4n) is 3.71. The van der Waals surface area contributed by atoms with Crippen LogP contribution in [0.4, 0.5) is 5.82 Å². The monoisotopic (exact) mass is 354 g/mol. The summed E-state index contributed by atoms with van der Waals surface area (Å²) in [5.74, 6) is 1.78. The van der Waals surface area contributed by atoms with Crippen LogP contribution in [0, 0.1) is 0 Å². The van der Waals surface area contributed by atoms with Crippen molar-refractivity contribution in [1.82, 2.24) is 25.2 Å². The molecule has 1 fully saturated rings. The molecule has 2 aromatic heterocycles. The number of morpholine rings is 1. The van der Waals surface area contributed by atoms with Crippen LogP contribution < -0.4 is 10.2 Å². The van der Waals surface area contributed by atoms with E-state index in [1.54, 1.807) is 6.20 Å². The lowest BCUT2D eigenvalue weighted by Crippen LogP contribution is -2.47. The Kier molecular flexibility index (Phi) is 5.10. The Morgan fingerprint density at radius 1 is 1.27 bits per heavy atom. The molecule has 1 atom stereocenters. The molecule has 2 aromatic rings. The molecule has 1 saturated heterocycles. The van der Waals surface area contributed by atoms with Gasteiger partial charge in [-0.3, -0.25) is 9.88 Å². The van der Waals surface area contributed by atoms with E-state index >= 15 is 0 Å². The number of ether oxygens (including phenoxy) is 1. The lowest BCUT2D eigenvalue weighted by Gasteiger charge is -2.35. The van der Waals surface area contributed by atoms with Crippen LogP contribution in [-0.4, -0.2) is 65.8 Å². The van der Waals surface area contributed by atoms with Gasteiger partial charge in [0.05, 0.1) is 18.9 Å². The number of nitrogens with one attached hydrogen (secondary N) is 1. The number of anilines is 1. The fraction of sp³-hybridized carbons (Fsp3) is 0.526. The summed E-state index contributed by atoms with van der Waals surface area (Å²) in [5, 5.41) is 3.41. The van der Waals surface area contributed by atoms with Gasteiger partial charge in [-0.05, 0) is 19.1 Å². The molecule has 0 radical (unpaired) electrons. The Balaban J connectivity index is 1.59. The molecule has 2 aliphatic rings. The second-order valence-corrected chi connectivity index (χ2v) is 7.02. The second-order valence-electron chi connectivity index (χ2n) is 7.02. The summed E-state index contributed by atoms with van der Waals surface area (Å²) in [5.41, 5.74) is 3.27. The first-order chi connectivity index (χ1) is 12.7. The predicted octanol–water partition coefficient (Wildman–Crippen LogP) is 1.30. The lowest BCUT2D eigenvalue weighted by molar-refractivity contribution is 0.0217. The van der Waals surface area contributed by atoms with Crippen LogP contribution >= 0.6 is 0 Å². The largest absolute Gasteiger partial charge is 0.379 e. The highest BCUT2D eigenvalue weighted by Crippen LogP contribution is 2.27. The SMILES string of the molecule is C[C@H](CN(C)c1nc(-c2cccnc2)nc2c1CNC2)N1CCOCC1. The molecule has 26 heavy (non-hydrogen) atoms. The third kappa shape index (κ3) is 3.56. The summed E-state index contributed by atoms with van der Waals surface area (Å²) in [6, 6.07) is 4.39. The highest BCUT2D eigenvalue weighted by molar-refractivity contribution is 5.60. The number of likely N-dealkylation sites (N-methyl/N-ethyl adjacent to an activating group) is 1. The number of nitrogens with zero attached hydrogens (tertiary/aromatic N) is 5. The van der Waals surface area contributed by atoms with E-state index in [0.717, 1.165) is 68.8 Å². The molecule has 0 aliphatic carbocycles. The van der Waals surface area contributed by atoms with Crippen molar-refractivity contribution in [2.45, 2.75) is 26.1 Å². The Hall–Kier alpha value is -2.09. The molecule has 0 bridgehead atoms. The number of hydrogen-bond donors (Lipinski definition) is 1. The minimum Gasteiger partial charge on any atom is -0.379 e. The van der Waals surface area contributed by atoms with E-state index in [0.29, 0.717) is 6.04 Å². The molecule has 0 amide bonds. The van der Waals surface area contributed by atoms with Crippen molar-refractivity contribution in [2.75, 3.05) is 44.8 Å². The van der Waals surface area contributed by atoms with Crippen molar-refractivity contribution in [3.05, 3.63) is 35.8 Å². The Morgan fingerprint density at radius 3 is 2.88 bits per heavy atom. The zero-order chi connectivity index (χ0) is 17.9. The van der Waals surface area contributed by atoms with Crippen LogP contribution in [0.5, 0.6) is 0 Å². The Labute approximate surface area is 154 Å². The van der Waals surface area contributed by atoms with Crippen LogP contribution in [0.15, 0.2) is 24.5 Å². The molecule has 0 spiro atoms. The summed E-state index contributed by atoms with van der Waals surface area (Å²) >= 11 is 0. The Bertz CT molecular complexity index is 747. The number of pyridine rings is 1. The van der Waals surface area contributed by atoms with E-state index in [9.17, 15) is 0 Å². The smallest absolute Gasteiger partial charge is 0.163 e. The predicted molar refractivity (Wildman–Crippen MR) is 101 cm³/mol. The van der Waals surface area contributed by atoms with Crippen LogP contribution in [0.1, 0.15) is 18.2 Å². The average Bonchev–Trinajstić information content (AvgIpc) is 3.17. The maximum Gasteiger partial charge on any atom is 0.163 e. The standard InChI is InChI=1S/C19H26N6O/c1-14(25-6-8-26-9-7-25)13-24(2)19-16-11-21-12-17(16)22-18(23-19)15-4-3-5-20-10-15/h3-5,10,14,21H,6-9,11-13H2,1-2H3/t14-/m1/s1. The second kappa shape index (κ2) is 7.65. The first-order valence-electron chi connectivity index (χ1n) is 9.26. The van der Waals surface area contributed by atoms with Crippen molar-refractivity contribution in [3.63, 3.8) is 0 Å². The normalized spacial score (nSPS) is 18.5. The molecule has 4 rings (SSSR count). The van der Waals surface area contributed by atoms with Gasteiger partial charge in [-0.2, -0.15) is 0 Å². The lowest BCUT2D eigenvalue weighted by atomic mass is 10.2. The molecule has 0 aromatic carbocycles. The zero-order valence-corrected chi connectivity index (χ0v) is 15.5. The molecule has 2 aliphatic heterocycles. The minimum atomic E-state index is 0.450. The third-order valence-corrected chi connectivity index (χ3v) is 5.15. The van der Waals surface area contributed by atoms with Gasteiger partial charge in [-0.25, -0.2) is 9.97 Å². The van der Waals surface area contributed by atoms with Crippen LogP contribution in [0.2, 0.25) is 0 Å². The number of rotatable bonds is 5. The quantitative estimate of drug-likeness (QED) is 0.868. The maximum absolute atomic E-state index is 5.47. The van der Waals surface area contributed by atoms with Gasteiger partial charge in [-0.1, -0.05) is 0 Å². The summed E-state index contributed by atoms with van der Waals surface area (Å²) in [6.45, 7) is 8.48. The van der Waals surface area contributed by atoms with Crippen molar-refractivity contribution < 1.29 is 4.74 Å². The molecule has 0 saturated carbocycles. The Morgan fingerprint density at radius 2 is 2.12 bits per heavy atom. The number of hydrogen-bond acceptors (Lipinski definition) is 7. The van der Waals surface area contributed by atoms with Crippen LogP contribution in [0.3, 0.4) is 0 Å². The van der Waals surface area contributed by atoms with Crippen molar-refractivity contribution >= 4 is 5.82 Å². The van der Waals surface area contributed by atoms with Crippen LogP contribution in [-0.2, 0) is 17.8 Å². The molecule has 138 valence electrons. The molecular formula is C19H26N6O. The van der Waals surface area contributed by atoms with Gasteiger partial charge < -0.3 is 15.0 Å². The summed E-state index contributed by atoms with van der Waals surface area (Å²) in [7, 11) is 2.13. The van der Waals surface area contributed by atoms with Crippen LogP contribution in [0.25, 0.3) is 11.4 Å². The van der Waals surface area contributed by atoms with Gasteiger partial charge in [0.25, 0.3) is 0 Å². The zero-order valence-electron chi connectivity index (χ0n) is 15.5. The topological polar surface area (TPSA) is 66.4 Å². The average molecular weight is 354 g/mol. The van der Waals surface area contributed by atoms with E-state index in [2.05, 4.69) is 34.1 Å². The van der Waals surface area contributed by atoms with Gasteiger partial charge >= 0.3 is 0 Å². The van der Waals surface area contributed by atoms with E-state index in [4.69, 9.17) is 14.7 Å². The molecule has 7 nitrogen and oxygen atoms in total. The summed E-state index contributed by atoms with van der Waals surface area (Å²) in [6.07, 6.45) is 3.60. The number of aromatic nitrogens is 3. The third-order valence-electron chi connectivity index (χ3n) is 5.15. The maximum atomic E-state index is 5.47. The van der Waals surface area contributed by atoms with E-state index in [1.165, 1.54) is 5.56 Å². The van der Waals surface area contributed by atoms with Gasteiger partial charge in [0.15, 0.2) is 5.82 Å². The van der Waals surface area contributed by atoms with Gasteiger partial charge in [0.2, 0.25) is 0 Å².